The van der Waals surface area contributed by atoms with E-state index in [2.05, 4.69) is 31.2 Å². The molecule has 106 valence electrons. The molecule has 5 heteroatoms. The van der Waals surface area contributed by atoms with Crippen molar-refractivity contribution < 1.29 is 4.39 Å². The Balaban J connectivity index is 2.20. The number of likely N-dealkylation sites (N-methyl/N-ethyl adjacent to an activating group) is 1. The molecule has 3 nitrogen and oxygen atoms in total. The molecule has 0 bridgehead atoms. The van der Waals surface area contributed by atoms with Crippen molar-refractivity contribution in [2.45, 2.75) is 26.3 Å². The first-order valence-electron chi connectivity index (χ1n) is 6.56. The van der Waals surface area contributed by atoms with E-state index < -0.39 is 0 Å². The number of nitrogens with one attached hydrogen (secondary N) is 1. The molecule has 1 aromatic carbocycles. The third kappa shape index (κ3) is 3.84. The van der Waals surface area contributed by atoms with Crippen molar-refractivity contribution in [1.29, 1.82) is 0 Å². The summed E-state index contributed by atoms with van der Waals surface area (Å²) in [6.45, 7) is 4.83. The Hall–Kier alpha value is -1.33. The van der Waals surface area contributed by atoms with E-state index in [4.69, 9.17) is 0 Å². The molecule has 0 radical (unpaired) electrons. The van der Waals surface area contributed by atoms with Crippen LogP contribution in [-0.4, -0.2) is 16.5 Å². The minimum atomic E-state index is -0.250. The summed E-state index contributed by atoms with van der Waals surface area (Å²) in [7, 11) is 0. The van der Waals surface area contributed by atoms with Gasteiger partial charge in [0.2, 0.25) is 0 Å². The van der Waals surface area contributed by atoms with Crippen LogP contribution >= 0.6 is 15.9 Å². The molecule has 1 atom stereocenters. The lowest BCUT2D eigenvalue weighted by atomic mass is 10.1. The first kappa shape index (κ1) is 15.1. The molecule has 0 saturated heterocycles. The smallest absolute Gasteiger partial charge is 0.145 e. The van der Waals surface area contributed by atoms with Crippen LogP contribution in [0.5, 0.6) is 0 Å². The molecule has 1 N–H and O–H groups in total. The van der Waals surface area contributed by atoms with Gasteiger partial charge in [-0.1, -0.05) is 13.0 Å². The zero-order valence-electron chi connectivity index (χ0n) is 11.5. The number of rotatable bonds is 5. The first-order chi connectivity index (χ1) is 9.60. The first-order valence-corrected chi connectivity index (χ1v) is 7.35. The zero-order chi connectivity index (χ0) is 14.5. The molecule has 2 rings (SSSR count). The average molecular weight is 338 g/mol. The van der Waals surface area contributed by atoms with Crippen molar-refractivity contribution in [2.24, 2.45) is 0 Å². The summed E-state index contributed by atoms with van der Waals surface area (Å²) < 4.78 is 13.7. The molecule has 0 amide bonds. The van der Waals surface area contributed by atoms with E-state index in [0.29, 0.717) is 4.47 Å². The molecule has 0 aliphatic rings. The van der Waals surface area contributed by atoms with E-state index in [1.165, 1.54) is 6.07 Å². The van der Waals surface area contributed by atoms with Crippen LogP contribution in [0, 0.1) is 12.7 Å². The van der Waals surface area contributed by atoms with E-state index in [1.807, 2.05) is 26.2 Å². The van der Waals surface area contributed by atoms with Crippen molar-refractivity contribution in [2.75, 3.05) is 6.54 Å². The molecule has 0 aliphatic carbocycles. The number of hydrogen-bond acceptors (Lipinski definition) is 3. The normalized spacial score (nSPS) is 12.4. The molecule has 1 heterocycles. The van der Waals surface area contributed by atoms with Gasteiger partial charge in [0, 0.05) is 12.4 Å². The lowest BCUT2D eigenvalue weighted by Gasteiger charge is -2.17. The summed E-state index contributed by atoms with van der Waals surface area (Å²) in [6, 6.07) is 5.09. The summed E-state index contributed by atoms with van der Waals surface area (Å²) in [5.41, 5.74) is 2.07. The lowest BCUT2D eigenvalue weighted by Crippen LogP contribution is -2.25. The van der Waals surface area contributed by atoms with Gasteiger partial charge in [0.25, 0.3) is 0 Å². The van der Waals surface area contributed by atoms with E-state index in [1.54, 1.807) is 12.1 Å². The monoisotopic (exact) mass is 337 g/mol. The second kappa shape index (κ2) is 6.90. The number of hydrogen-bond donors (Lipinski definition) is 1. The fraction of sp³-hybridized carbons (Fsp3) is 0.333. The van der Waals surface area contributed by atoms with Crippen LogP contribution in [0.3, 0.4) is 0 Å². The molecular weight excluding hydrogens is 321 g/mol. The Bertz CT molecular complexity index is 572. The molecule has 0 fully saturated rings. The van der Waals surface area contributed by atoms with Gasteiger partial charge in [-0.15, -0.1) is 0 Å². The van der Waals surface area contributed by atoms with Crippen molar-refractivity contribution >= 4 is 15.9 Å². The molecule has 1 aromatic heterocycles. The van der Waals surface area contributed by atoms with E-state index in [0.717, 1.165) is 29.9 Å². The van der Waals surface area contributed by atoms with Gasteiger partial charge in [0.05, 0.1) is 10.5 Å². The third-order valence-electron chi connectivity index (χ3n) is 2.99. The van der Waals surface area contributed by atoms with Gasteiger partial charge in [-0.2, -0.15) is 0 Å². The number of aromatic nitrogens is 2. The van der Waals surface area contributed by atoms with Gasteiger partial charge >= 0.3 is 0 Å². The van der Waals surface area contributed by atoms with Crippen LogP contribution in [-0.2, 0) is 6.42 Å². The van der Waals surface area contributed by atoms with E-state index in [-0.39, 0.29) is 11.9 Å². The molecule has 2 aromatic rings. The van der Waals surface area contributed by atoms with Crippen molar-refractivity contribution in [3.05, 3.63) is 57.8 Å². The van der Waals surface area contributed by atoms with Crippen LogP contribution in [0.15, 0.2) is 35.1 Å². The van der Waals surface area contributed by atoms with E-state index in [9.17, 15) is 4.39 Å². The van der Waals surface area contributed by atoms with Gasteiger partial charge < -0.3 is 5.32 Å². The van der Waals surface area contributed by atoms with Gasteiger partial charge in [-0.05, 0) is 59.1 Å². The third-order valence-corrected chi connectivity index (χ3v) is 3.59. The summed E-state index contributed by atoms with van der Waals surface area (Å²) in [6.07, 6.45) is 4.34. The largest absolute Gasteiger partial charge is 0.307 e. The molecule has 0 saturated carbocycles. The number of aryl methyl sites for hydroxylation is 1. The Morgan fingerprint density at radius 3 is 2.60 bits per heavy atom. The van der Waals surface area contributed by atoms with Crippen molar-refractivity contribution in [3.63, 3.8) is 0 Å². The van der Waals surface area contributed by atoms with Crippen LogP contribution in [0.4, 0.5) is 4.39 Å². The summed E-state index contributed by atoms with van der Waals surface area (Å²) >= 11 is 3.21. The zero-order valence-corrected chi connectivity index (χ0v) is 13.1. The predicted molar refractivity (Wildman–Crippen MR) is 81.0 cm³/mol. The van der Waals surface area contributed by atoms with Crippen molar-refractivity contribution in [3.8, 4) is 0 Å². The highest BCUT2D eigenvalue weighted by Gasteiger charge is 2.14. The number of halogens is 2. The number of benzene rings is 1. The highest BCUT2D eigenvalue weighted by Crippen LogP contribution is 2.21. The molecule has 0 aliphatic heterocycles. The van der Waals surface area contributed by atoms with Crippen LogP contribution in [0.25, 0.3) is 0 Å². The quantitative estimate of drug-likeness (QED) is 0.906. The molecule has 0 spiro atoms. The Morgan fingerprint density at radius 1 is 1.30 bits per heavy atom. The fourth-order valence-corrected chi connectivity index (χ4v) is 2.41. The Labute approximate surface area is 126 Å². The molecular formula is C15H17BrFN3. The fourth-order valence-electron chi connectivity index (χ4n) is 1.99. The minimum absolute atomic E-state index is 0.0259. The number of nitrogens with zero attached hydrogens (tertiary/aromatic N) is 2. The predicted octanol–water partition coefficient (Wildman–Crippen LogP) is 3.58. The van der Waals surface area contributed by atoms with Crippen LogP contribution < -0.4 is 5.32 Å². The second-order valence-electron chi connectivity index (χ2n) is 4.68. The Morgan fingerprint density at radius 2 is 2.00 bits per heavy atom. The lowest BCUT2D eigenvalue weighted by molar-refractivity contribution is 0.520. The van der Waals surface area contributed by atoms with Crippen LogP contribution in [0.2, 0.25) is 0 Å². The van der Waals surface area contributed by atoms with Gasteiger partial charge in [-0.25, -0.2) is 14.4 Å². The highest BCUT2D eigenvalue weighted by molar-refractivity contribution is 9.10. The molecule has 1 unspecified atom stereocenters. The summed E-state index contributed by atoms with van der Waals surface area (Å²) in [5.74, 6) is 0.512. The molecule has 20 heavy (non-hydrogen) atoms. The van der Waals surface area contributed by atoms with Gasteiger partial charge in [0.15, 0.2) is 0 Å². The maximum Gasteiger partial charge on any atom is 0.145 e. The van der Waals surface area contributed by atoms with Gasteiger partial charge in [-0.3, -0.25) is 0 Å². The van der Waals surface area contributed by atoms with Gasteiger partial charge in [0.1, 0.15) is 11.6 Å². The van der Waals surface area contributed by atoms with Crippen LogP contribution in [0.1, 0.15) is 29.9 Å². The summed E-state index contributed by atoms with van der Waals surface area (Å²) in [4.78, 5) is 8.75. The van der Waals surface area contributed by atoms with E-state index >= 15 is 0 Å². The maximum absolute atomic E-state index is 13.3. The highest BCUT2D eigenvalue weighted by atomic mass is 79.9. The van der Waals surface area contributed by atoms with Crippen molar-refractivity contribution in [1.82, 2.24) is 15.3 Å². The summed E-state index contributed by atoms with van der Waals surface area (Å²) in [5, 5.41) is 3.37. The second-order valence-corrected chi connectivity index (χ2v) is 5.54. The standard InChI is InChI=1S/C15H17BrFN3/c1-3-18-14(15-19-8-10(2)9-20-15)7-11-4-5-13(17)12(16)6-11/h4-6,8-9,14,18H,3,7H2,1-2H3. The average Bonchev–Trinajstić information content (AvgIpc) is 2.43. The minimum Gasteiger partial charge on any atom is -0.307 e. The topological polar surface area (TPSA) is 37.8 Å². The maximum atomic E-state index is 13.3. The Kier molecular flexibility index (Phi) is 5.20. The SMILES string of the molecule is CCNC(Cc1ccc(F)c(Br)c1)c1ncc(C)cn1.